The molecule has 0 fully saturated rings. The fourth-order valence-electron chi connectivity index (χ4n) is 1.73. The van der Waals surface area contributed by atoms with Crippen molar-refractivity contribution in [2.75, 3.05) is 20.1 Å². The summed E-state index contributed by atoms with van der Waals surface area (Å²) < 4.78 is 32.6. The third kappa shape index (κ3) is 6.20. The molecule has 1 aromatic rings. The molecule has 0 aliphatic rings. The Labute approximate surface area is 134 Å². The number of halogens is 2. The van der Waals surface area contributed by atoms with E-state index in [9.17, 15) is 13.6 Å². The Hall–Kier alpha value is -2.20. The van der Waals surface area contributed by atoms with E-state index in [0.717, 1.165) is 12.1 Å². The van der Waals surface area contributed by atoms with E-state index < -0.39 is 23.3 Å². The van der Waals surface area contributed by atoms with Crippen LogP contribution in [0.15, 0.2) is 12.1 Å². The molecule has 126 valence electrons. The van der Waals surface area contributed by atoms with Gasteiger partial charge in [-0.15, -0.1) is 0 Å². The van der Waals surface area contributed by atoms with Gasteiger partial charge < -0.3 is 15.0 Å². The van der Waals surface area contributed by atoms with Crippen LogP contribution in [0.1, 0.15) is 31.9 Å². The number of nitrogens with one attached hydrogen (secondary N) is 1. The third-order valence-corrected chi connectivity index (χ3v) is 2.90. The summed E-state index contributed by atoms with van der Waals surface area (Å²) >= 11 is 0. The van der Waals surface area contributed by atoms with Crippen LogP contribution >= 0.6 is 0 Å². The normalized spacial score (nSPS) is 11.0. The number of carbonyl (C=O) groups excluding carboxylic acids is 1. The summed E-state index contributed by atoms with van der Waals surface area (Å²) in [4.78, 5) is 13.1. The molecule has 1 aromatic carbocycles. The highest BCUT2D eigenvalue weighted by molar-refractivity contribution is 5.67. The maximum Gasteiger partial charge on any atom is 0.410 e. The van der Waals surface area contributed by atoms with Crippen molar-refractivity contribution < 1.29 is 18.3 Å². The molecule has 0 radical (unpaired) electrons. The second-order valence-corrected chi connectivity index (χ2v) is 6.11. The smallest absolute Gasteiger partial charge is 0.410 e. The van der Waals surface area contributed by atoms with Crippen molar-refractivity contribution in [3.05, 3.63) is 34.9 Å². The van der Waals surface area contributed by atoms with Gasteiger partial charge in [0.2, 0.25) is 0 Å². The molecule has 1 N–H and O–H groups in total. The van der Waals surface area contributed by atoms with E-state index in [4.69, 9.17) is 10.00 Å². The average molecular weight is 325 g/mol. The predicted molar refractivity (Wildman–Crippen MR) is 81.6 cm³/mol. The monoisotopic (exact) mass is 325 g/mol. The molecule has 0 atom stereocenters. The van der Waals surface area contributed by atoms with Crippen LogP contribution in [0.5, 0.6) is 0 Å². The zero-order valence-corrected chi connectivity index (χ0v) is 13.7. The Morgan fingerprint density at radius 2 is 1.91 bits per heavy atom. The minimum atomic E-state index is -0.769. The van der Waals surface area contributed by atoms with E-state index in [-0.39, 0.29) is 17.7 Å². The molecule has 0 aliphatic heterocycles. The summed E-state index contributed by atoms with van der Waals surface area (Å²) in [6.45, 7) is 5.95. The molecule has 0 unspecified atom stereocenters. The van der Waals surface area contributed by atoms with E-state index in [0.29, 0.717) is 13.1 Å². The first-order chi connectivity index (χ1) is 10.6. The Morgan fingerprint density at radius 1 is 1.35 bits per heavy atom. The number of nitrogens with zero attached hydrogens (tertiary/aromatic N) is 2. The van der Waals surface area contributed by atoms with Crippen molar-refractivity contribution in [1.29, 1.82) is 5.26 Å². The Kier molecular flexibility index (Phi) is 6.46. The van der Waals surface area contributed by atoms with Gasteiger partial charge in [-0.1, -0.05) is 0 Å². The summed E-state index contributed by atoms with van der Waals surface area (Å²) in [6, 6.07) is 3.68. The van der Waals surface area contributed by atoms with Crippen molar-refractivity contribution in [1.82, 2.24) is 10.2 Å². The highest BCUT2D eigenvalue weighted by atomic mass is 19.1. The molecule has 0 bridgehead atoms. The Balaban J connectivity index is 2.47. The molecule has 7 heteroatoms. The van der Waals surface area contributed by atoms with Crippen LogP contribution in [0.4, 0.5) is 13.6 Å². The Morgan fingerprint density at radius 3 is 2.39 bits per heavy atom. The Bertz CT molecular complexity index is 583. The standard InChI is InChI=1S/C16H21F2N3O2/c1-16(2,3)23-15(22)21(4)6-5-20-10-12-13(17)7-11(9-19)8-14(12)18/h7-8,20H,5-6,10H2,1-4H3. The highest BCUT2D eigenvalue weighted by Gasteiger charge is 2.19. The number of ether oxygens (including phenoxy) is 1. The van der Waals surface area contributed by atoms with Gasteiger partial charge in [-0.05, 0) is 32.9 Å². The summed E-state index contributed by atoms with van der Waals surface area (Å²) in [5, 5.41) is 11.5. The first-order valence-electron chi connectivity index (χ1n) is 7.17. The highest BCUT2D eigenvalue weighted by Crippen LogP contribution is 2.15. The molecular formula is C16H21F2N3O2. The third-order valence-electron chi connectivity index (χ3n) is 2.90. The van der Waals surface area contributed by atoms with Crippen LogP contribution in [0, 0.1) is 23.0 Å². The second kappa shape index (κ2) is 7.88. The molecule has 0 spiro atoms. The van der Waals surface area contributed by atoms with Crippen molar-refractivity contribution in [2.45, 2.75) is 32.9 Å². The van der Waals surface area contributed by atoms with Gasteiger partial charge in [0.05, 0.1) is 11.6 Å². The van der Waals surface area contributed by atoms with E-state index in [1.54, 1.807) is 33.9 Å². The van der Waals surface area contributed by atoms with Crippen LogP contribution in [-0.2, 0) is 11.3 Å². The number of amides is 1. The van der Waals surface area contributed by atoms with Crippen LogP contribution in [0.25, 0.3) is 0 Å². The SMILES string of the molecule is CN(CCNCc1c(F)cc(C#N)cc1F)C(=O)OC(C)(C)C. The van der Waals surface area contributed by atoms with Crippen molar-refractivity contribution in [3.63, 3.8) is 0 Å². The van der Waals surface area contributed by atoms with Gasteiger partial charge in [0.25, 0.3) is 0 Å². The number of likely N-dealkylation sites (N-methyl/N-ethyl adjacent to an activating group) is 1. The van der Waals surface area contributed by atoms with Gasteiger partial charge in [0.1, 0.15) is 17.2 Å². The summed E-state index contributed by atoms with van der Waals surface area (Å²) in [5.74, 6) is -1.54. The maximum absolute atomic E-state index is 13.7. The molecule has 1 rings (SSSR count). The van der Waals surface area contributed by atoms with Crippen molar-refractivity contribution in [2.24, 2.45) is 0 Å². The minimum Gasteiger partial charge on any atom is -0.444 e. The largest absolute Gasteiger partial charge is 0.444 e. The zero-order chi connectivity index (χ0) is 17.6. The van der Waals surface area contributed by atoms with Crippen LogP contribution < -0.4 is 5.32 Å². The summed E-state index contributed by atoms with van der Waals surface area (Å²) in [6.07, 6.45) is -0.463. The second-order valence-electron chi connectivity index (χ2n) is 6.11. The summed E-state index contributed by atoms with van der Waals surface area (Å²) in [7, 11) is 1.58. The molecular weight excluding hydrogens is 304 g/mol. The first-order valence-corrected chi connectivity index (χ1v) is 7.17. The topological polar surface area (TPSA) is 65.4 Å². The van der Waals surface area contributed by atoms with E-state index in [1.165, 1.54) is 4.90 Å². The molecule has 23 heavy (non-hydrogen) atoms. The number of rotatable bonds is 5. The van der Waals surface area contributed by atoms with Gasteiger partial charge >= 0.3 is 6.09 Å². The van der Waals surface area contributed by atoms with E-state index >= 15 is 0 Å². The summed E-state index contributed by atoms with van der Waals surface area (Å²) in [5.41, 5.74) is -0.773. The molecule has 5 nitrogen and oxygen atoms in total. The zero-order valence-electron chi connectivity index (χ0n) is 13.7. The number of carbonyl (C=O) groups is 1. The van der Waals surface area contributed by atoms with E-state index in [2.05, 4.69) is 5.32 Å². The van der Waals surface area contributed by atoms with Crippen LogP contribution in [0.3, 0.4) is 0 Å². The number of nitriles is 1. The molecule has 0 heterocycles. The van der Waals surface area contributed by atoms with Crippen LogP contribution in [-0.4, -0.2) is 36.7 Å². The average Bonchev–Trinajstić information content (AvgIpc) is 2.43. The van der Waals surface area contributed by atoms with Gasteiger partial charge in [-0.3, -0.25) is 0 Å². The van der Waals surface area contributed by atoms with Gasteiger partial charge in [0.15, 0.2) is 0 Å². The lowest BCUT2D eigenvalue weighted by Gasteiger charge is -2.24. The maximum atomic E-state index is 13.7. The quantitative estimate of drug-likeness (QED) is 0.846. The minimum absolute atomic E-state index is 0.0362. The molecule has 0 saturated carbocycles. The number of hydrogen-bond donors (Lipinski definition) is 1. The fraction of sp³-hybridized carbons (Fsp3) is 0.500. The van der Waals surface area contributed by atoms with E-state index in [1.807, 2.05) is 0 Å². The number of hydrogen-bond acceptors (Lipinski definition) is 4. The lowest BCUT2D eigenvalue weighted by Crippen LogP contribution is -2.38. The van der Waals surface area contributed by atoms with Gasteiger partial charge in [0, 0.05) is 32.2 Å². The first kappa shape index (κ1) is 18.8. The van der Waals surface area contributed by atoms with Crippen LogP contribution in [0.2, 0.25) is 0 Å². The molecule has 0 saturated heterocycles. The number of benzene rings is 1. The predicted octanol–water partition coefficient (Wildman–Crippen LogP) is 2.79. The van der Waals surface area contributed by atoms with Gasteiger partial charge in [-0.2, -0.15) is 5.26 Å². The molecule has 1 amide bonds. The lowest BCUT2D eigenvalue weighted by molar-refractivity contribution is 0.0300. The van der Waals surface area contributed by atoms with Gasteiger partial charge in [-0.25, -0.2) is 13.6 Å². The fourth-order valence-corrected chi connectivity index (χ4v) is 1.73. The van der Waals surface area contributed by atoms with Crippen molar-refractivity contribution >= 4 is 6.09 Å². The lowest BCUT2D eigenvalue weighted by atomic mass is 10.1. The molecule has 0 aliphatic carbocycles. The van der Waals surface area contributed by atoms with Crippen molar-refractivity contribution in [3.8, 4) is 6.07 Å². The molecule has 0 aromatic heterocycles.